The largest absolute Gasteiger partial charge is 0.382 e. The van der Waals surface area contributed by atoms with E-state index in [1.54, 1.807) is 49.4 Å². The van der Waals surface area contributed by atoms with E-state index in [4.69, 9.17) is 22.3 Å². The van der Waals surface area contributed by atoms with Gasteiger partial charge in [0.1, 0.15) is 35.4 Å². The van der Waals surface area contributed by atoms with E-state index in [0.29, 0.717) is 28.4 Å². The fourth-order valence-electron chi connectivity index (χ4n) is 4.59. The summed E-state index contributed by atoms with van der Waals surface area (Å²) in [6, 6.07) is 20.3. The quantitative estimate of drug-likeness (QED) is 0.192. The number of hydrogen-bond acceptors (Lipinski definition) is 8. The molecule has 0 spiro atoms. The topological polar surface area (TPSA) is 164 Å². The number of fused-ring (bicyclic) bond motifs is 1. The van der Waals surface area contributed by atoms with Crippen LogP contribution in [0.2, 0.25) is 5.02 Å². The Labute approximate surface area is 246 Å². The molecule has 0 bridgehead atoms. The number of nitrogen functional groups attached to an aromatic ring is 1. The number of para-hydroxylation sites is 1. The predicted molar refractivity (Wildman–Crippen MR) is 164 cm³/mol. The van der Waals surface area contributed by atoms with Crippen LogP contribution in [0.1, 0.15) is 36.8 Å². The Balaban J connectivity index is 1.56. The Bertz CT molecular complexity index is 1920. The van der Waals surface area contributed by atoms with Crippen LogP contribution in [-0.4, -0.2) is 25.6 Å². The second-order valence-electron chi connectivity index (χ2n) is 9.35. The van der Waals surface area contributed by atoms with Crippen molar-refractivity contribution in [3.8, 4) is 11.8 Å². The lowest BCUT2D eigenvalue weighted by molar-refractivity contribution is 0.262. The van der Waals surface area contributed by atoms with Crippen molar-refractivity contribution in [1.82, 2.24) is 19.5 Å². The first kappa shape index (κ1) is 28.1. The molecule has 2 aromatic heterocycles. The van der Waals surface area contributed by atoms with Crippen molar-refractivity contribution in [2.24, 2.45) is 0 Å². The van der Waals surface area contributed by atoms with Gasteiger partial charge in [0.2, 0.25) is 0 Å². The molecule has 5 rings (SSSR count). The van der Waals surface area contributed by atoms with E-state index in [0.717, 1.165) is 12.0 Å². The van der Waals surface area contributed by atoms with Crippen molar-refractivity contribution >= 4 is 51.5 Å². The molecule has 0 fully saturated rings. The summed E-state index contributed by atoms with van der Waals surface area (Å²) >= 11 is 6.44. The fraction of sp³-hybridized carbons (Fsp3) is 0.133. The van der Waals surface area contributed by atoms with Gasteiger partial charge < -0.3 is 21.7 Å². The highest BCUT2D eigenvalue weighted by Gasteiger charge is 2.21. The van der Waals surface area contributed by atoms with Crippen LogP contribution in [-0.2, 0) is 6.42 Å². The molecule has 0 aliphatic carbocycles. The van der Waals surface area contributed by atoms with Crippen molar-refractivity contribution < 1.29 is 4.79 Å². The molecule has 3 aromatic carbocycles. The van der Waals surface area contributed by atoms with E-state index in [9.17, 15) is 14.9 Å². The van der Waals surface area contributed by atoms with E-state index in [1.807, 2.05) is 37.3 Å². The molecule has 0 aliphatic rings. The SMILES string of the molecule is CCc1ccccc1NC(=O)Nc1cccc(-n2c([C@H](C)Nc3ncnc(N)c3C#N)nc3cccc(Cl)c3c2=O)c1. The van der Waals surface area contributed by atoms with Gasteiger partial charge in [0.25, 0.3) is 5.56 Å². The van der Waals surface area contributed by atoms with Gasteiger partial charge in [-0.2, -0.15) is 5.26 Å². The maximum atomic E-state index is 14.0. The molecule has 0 radical (unpaired) electrons. The molecule has 2 amide bonds. The monoisotopic (exact) mass is 579 g/mol. The van der Waals surface area contributed by atoms with Crippen LogP contribution in [0.15, 0.2) is 77.9 Å². The number of urea groups is 1. The van der Waals surface area contributed by atoms with Crippen molar-refractivity contribution in [3.63, 3.8) is 0 Å². The zero-order valence-electron chi connectivity index (χ0n) is 22.7. The molecule has 0 saturated heterocycles. The highest BCUT2D eigenvalue weighted by atomic mass is 35.5. The maximum Gasteiger partial charge on any atom is 0.323 e. The van der Waals surface area contributed by atoms with Crippen LogP contribution < -0.4 is 27.2 Å². The lowest BCUT2D eigenvalue weighted by Crippen LogP contribution is -2.28. The number of nitrogens with two attached hydrogens (primary N) is 1. The summed E-state index contributed by atoms with van der Waals surface area (Å²) < 4.78 is 1.41. The minimum absolute atomic E-state index is 0.0245. The Hall–Kier alpha value is -5.47. The van der Waals surface area contributed by atoms with Gasteiger partial charge in [0.05, 0.1) is 27.7 Å². The molecular weight excluding hydrogens is 554 g/mol. The lowest BCUT2D eigenvalue weighted by atomic mass is 10.1. The number of nitrogens with zero attached hydrogens (tertiary/aromatic N) is 5. The standard InChI is InChI=1S/C30H26ClN9O2/c1-3-18-8-4-5-12-23(18)39-30(42)37-19-9-6-10-20(14-19)40-28(38-24-13-7-11-22(31)25(24)29(40)41)17(2)36-27-21(15-32)26(33)34-16-35-27/h4-14,16-17H,3H2,1-2H3,(H2,37,39,42)(H3,33,34,35,36)/t17-/m0/s1. The molecule has 5 aromatic rings. The third kappa shape index (κ3) is 5.56. The molecule has 42 heavy (non-hydrogen) atoms. The van der Waals surface area contributed by atoms with Gasteiger partial charge in [-0.25, -0.2) is 19.7 Å². The normalized spacial score (nSPS) is 11.5. The summed E-state index contributed by atoms with van der Waals surface area (Å²) in [5.41, 5.74) is 8.53. The van der Waals surface area contributed by atoms with Crippen molar-refractivity contribution in [1.29, 1.82) is 5.26 Å². The number of nitrogens with one attached hydrogen (secondary N) is 3. The smallest absolute Gasteiger partial charge is 0.323 e. The van der Waals surface area contributed by atoms with Gasteiger partial charge in [0.15, 0.2) is 0 Å². The van der Waals surface area contributed by atoms with Gasteiger partial charge in [-0.15, -0.1) is 0 Å². The van der Waals surface area contributed by atoms with Crippen LogP contribution in [0.5, 0.6) is 0 Å². The van der Waals surface area contributed by atoms with E-state index < -0.39 is 17.6 Å². The highest BCUT2D eigenvalue weighted by Crippen LogP contribution is 2.27. The minimum Gasteiger partial charge on any atom is -0.382 e. The van der Waals surface area contributed by atoms with Crippen LogP contribution in [0, 0.1) is 11.3 Å². The van der Waals surface area contributed by atoms with Crippen LogP contribution >= 0.6 is 11.6 Å². The van der Waals surface area contributed by atoms with Crippen molar-refractivity contribution in [3.05, 3.63) is 105 Å². The number of hydrogen-bond donors (Lipinski definition) is 4. The molecule has 1 atom stereocenters. The zero-order chi connectivity index (χ0) is 29.8. The van der Waals surface area contributed by atoms with Gasteiger partial charge in [-0.05, 0) is 55.3 Å². The van der Waals surface area contributed by atoms with E-state index in [1.165, 1.54) is 10.9 Å². The molecule has 0 unspecified atom stereocenters. The summed E-state index contributed by atoms with van der Waals surface area (Å²) in [5, 5.41) is 18.9. The molecule has 0 aliphatic heterocycles. The second-order valence-corrected chi connectivity index (χ2v) is 9.75. The summed E-state index contributed by atoms with van der Waals surface area (Å²) in [7, 11) is 0. The Morgan fingerprint density at radius 2 is 1.88 bits per heavy atom. The van der Waals surface area contributed by atoms with Gasteiger partial charge in [-0.1, -0.05) is 48.9 Å². The predicted octanol–water partition coefficient (Wildman–Crippen LogP) is 5.66. The zero-order valence-corrected chi connectivity index (χ0v) is 23.5. The second kappa shape index (κ2) is 12.0. The first-order chi connectivity index (χ1) is 20.3. The molecule has 210 valence electrons. The lowest BCUT2D eigenvalue weighted by Gasteiger charge is -2.21. The molecule has 11 nitrogen and oxygen atoms in total. The Kier molecular flexibility index (Phi) is 7.99. The summed E-state index contributed by atoms with van der Waals surface area (Å²) in [6.45, 7) is 3.78. The number of aryl methyl sites for hydroxylation is 1. The first-order valence-electron chi connectivity index (χ1n) is 13.0. The average molecular weight is 580 g/mol. The van der Waals surface area contributed by atoms with E-state index >= 15 is 0 Å². The van der Waals surface area contributed by atoms with E-state index in [2.05, 4.69) is 25.9 Å². The first-order valence-corrected chi connectivity index (χ1v) is 13.4. The molecule has 2 heterocycles. The Morgan fingerprint density at radius 3 is 2.67 bits per heavy atom. The molecular formula is C30H26ClN9O2. The summed E-state index contributed by atoms with van der Waals surface area (Å²) in [6.07, 6.45) is 2.00. The van der Waals surface area contributed by atoms with Crippen LogP contribution in [0.3, 0.4) is 0 Å². The number of benzene rings is 3. The number of anilines is 4. The number of carbonyl (C=O) groups excluding carboxylic acids is 1. The number of halogens is 1. The van der Waals surface area contributed by atoms with Crippen LogP contribution in [0.4, 0.5) is 27.8 Å². The summed E-state index contributed by atoms with van der Waals surface area (Å²) in [5.74, 6) is 0.537. The van der Waals surface area contributed by atoms with Crippen molar-refractivity contribution in [2.75, 3.05) is 21.7 Å². The van der Waals surface area contributed by atoms with E-state index in [-0.39, 0.29) is 27.6 Å². The number of rotatable bonds is 7. The third-order valence-electron chi connectivity index (χ3n) is 6.61. The summed E-state index contributed by atoms with van der Waals surface area (Å²) in [4.78, 5) is 39.6. The highest BCUT2D eigenvalue weighted by molar-refractivity contribution is 6.35. The molecule has 5 N–H and O–H groups in total. The molecule has 0 saturated carbocycles. The Morgan fingerprint density at radius 1 is 1.10 bits per heavy atom. The number of carbonyl (C=O) groups is 1. The molecule has 12 heteroatoms. The van der Waals surface area contributed by atoms with Crippen molar-refractivity contribution in [2.45, 2.75) is 26.3 Å². The number of aromatic nitrogens is 4. The average Bonchev–Trinajstić information content (AvgIpc) is 2.97. The van der Waals surface area contributed by atoms with Gasteiger partial charge in [0, 0.05) is 11.4 Å². The number of amides is 2. The fourth-order valence-corrected chi connectivity index (χ4v) is 4.84. The van der Waals surface area contributed by atoms with Gasteiger partial charge in [-0.3, -0.25) is 9.36 Å². The maximum absolute atomic E-state index is 14.0. The number of nitriles is 1. The van der Waals surface area contributed by atoms with Crippen LogP contribution in [0.25, 0.3) is 16.6 Å². The third-order valence-corrected chi connectivity index (χ3v) is 6.93. The minimum atomic E-state index is -0.632. The van der Waals surface area contributed by atoms with Gasteiger partial charge >= 0.3 is 6.03 Å².